The average molecular weight is 350 g/mol. The van der Waals surface area contributed by atoms with E-state index in [-0.39, 0.29) is 12.5 Å². The van der Waals surface area contributed by atoms with Gasteiger partial charge in [0, 0.05) is 11.6 Å². The van der Waals surface area contributed by atoms with Crippen LogP contribution in [0.25, 0.3) is 10.9 Å². The molecule has 26 heavy (non-hydrogen) atoms. The van der Waals surface area contributed by atoms with Crippen LogP contribution in [-0.2, 0) is 4.79 Å². The number of ether oxygens (including phenoxy) is 2. The van der Waals surface area contributed by atoms with Gasteiger partial charge in [-0.25, -0.2) is 0 Å². The van der Waals surface area contributed by atoms with Crippen molar-refractivity contribution in [3.05, 3.63) is 59.8 Å². The van der Waals surface area contributed by atoms with Crippen molar-refractivity contribution in [2.75, 3.05) is 18.5 Å². The number of fused-ring (bicyclic) bond motifs is 1. The predicted octanol–water partition coefficient (Wildman–Crippen LogP) is 4.27. The first kappa shape index (κ1) is 17.7. The fourth-order valence-electron chi connectivity index (χ4n) is 2.67. The maximum Gasteiger partial charge on any atom is 0.262 e. The molecule has 0 saturated heterocycles. The van der Waals surface area contributed by atoms with E-state index in [1.807, 2.05) is 63.2 Å². The Hall–Kier alpha value is -3.08. The van der Waals surface area contributed by atoms with Crippen LogP contribution in [0.1, 0.15) is 18.1 Å². The van der Waals surface area contributed by atoms with Crippen molar-refractivity contribution in [2.45, 2.75) is 20.8 Å². The lowest BCUT2D eigenvalue weighted by molar-refractivity contribution is -0.118. The molecule has 0 aliphatic heterocycles. The summed E-state index contributed by atoms with van der Waals surface area (Å²) in [4.78, 5) is 16.7. The molecule has 2 aromatic carbocycles. The summed E-state index contributed by atoms with van der Waals surface area (Å²) in [6.45, 7) is 6.48. The lowest BCUT2D eigenvalue weighted by atomic mass is 10.1. The molecule has 0 bridgehead atoms. The highest BCUT2D eigenvalue weighted by molar-refractivity contribution is 6.03. The van der Waals surface area contributed by atoms with Gasteiger partial charge in [-0.15, -0.1) is 0 Å². The SMILES string of the molecule is CCOc1ccc(NC(=O)COc2ccc(C)c(C)c2)c2cccnc12. The van der Waals surface area contributed by atoms with Crippen LogP contribution in [-0.4, -0.2) is 24.1 Å². The lowest BCUT2D eigenvalue weighted by Gasteiger charge is -2.12. The molecule has 3 rings (SSSR count). The van der Waals surface area contributed by atoms with Gasteiger partial charge in [0.1, 0.15) is 17.0 Å². The van der Waals surface area contributed by atoms with E-state index in [0.717, 1.165) is 16.5 Å². The number of amides is 1. The van der Waals surface area contributed by atoms with Gasteiger partial charge < -0.3 is 14.8 Å². The number of aromatic nitrogens is 1. The summed E-state index contributed by atoms with van der Waals surface area (Å²) >= 11 is 0. The van der Waals surface area contributed by atoms with E-state index in [2.05, 4.69) is 10.3 Å². The third kappa shape index (κ3) is 3.94. The molecule has 1 N–H and O–H groups in total. The second kappa shape index (κ2) is 7.87. The van der Waals surface area contributed by atoms with E-state index in [0.29, 0.717) is 23.8 Å². The van der Waals surface area contributed by atoms with Crippen LogP contribution in [0.5, 0.6) is 11.5 Å². The van der Waals surface area contributed by atoms with E-state index in [1.54, 1.807) is 6.20 Å². The summed E-state index contributed by atoms with van der Waals surface area (Å²) in [5.74, 6) is 1.16. The summed E-state index contributed by atoms with van der Waals surface area (Å²) in [7, 11) is 0. The molecule has 0 unspecified atom stereocenters. The fraction of sp³-hybridized carbons (Fsp3) is 0.238. The number of benzene rings is 2. The number of nitrogens with zero attached hydrogens (tertiary/aromatic N) is 1. The highest BCUT2D eigenvalue weighted by Crippen LogP contribution is 2.30. The maximum atomic E-state index is 12.3. The fourth-order valence-corrected chi connectivity index (χ4v) is 2.67. The van der Waals surface area contributed by atoms with Crippen LogP contribution in [0.15, 0.2) is 48.7 Å². The molecule has 0 atom stereocenters. The zero-order valence-corrected chi connectivity index (χ0v) is 15.2. The molecule has 5 nitrogen and oxygen atoms in total. The van der Waals surface area contributed by atoms with Gasteiger partial charge in [-0.1, -0.05) is 6.07 Å². The van der Waals surface area contributed by atoms with Crippen molar-refractivity contribution in [3.8, 4) is 11.5 Å². The minimum absolute atomic E-state index is 0.0581. The summed E-state index contributed by atoms with van der Waals surface area (Å²) in [5, 5.41) is 3.72. The van der Waals surface area contributed by atoms with E-state index >= 15 is 0 Å². The molecule has 0 spiro atoms. The Morgan fingerprint density at radius 2 is 1.92 bits per heavy atom. The Labute approximate surface area is 153 Å². The number of pyridine rings is 1. The van der Waals surface area contributed by atoms with Gasteiger partial charge in [0.2, 0.25) is 0 Å². The highest BCUT2D eigenvalue weighted by atomic mass is 16.5. The van der Waals surface area contributed by atoms with E-state index in [1.165, 1.54) is 5.56 Å². The Kier molecular flexibility index (Phi) is 5.37. The van der Waals surface area contributed by atoms with Crippen LogP contribution in [0.4, 0.5) is 5.69 Å². The zero-order chi connectivity index (χ0) is 18.5. The molecule has 1 amide bonds. The average Bonchev–Trinajstić information content (AvgIpc) is 2.65. The smallest absolute Gasteiger partial charge is 0.262 e. The number of anilines is 1. The molecule has 0 aliphatic carbocycles. The summed E-state index contributed by atoms with van der Waals surface area (Å²) < 4.78 is 11.2. The van der Waals surface area contributed by atoms with Gasteiger partial charge in [-0.05, 0) is 68.3 Å². The molecule has 5 heteroatoms. The minimum atomic E-state index is -0.224. The van der Waals surface area contributed by atoms with Crippen LogP contribution < -0.4 is 14.8 Å². The molecule has 134 valence electrons. The van der Waals surface area contributed by atoms with Gasteiger partial charge >= 0.3 is 0 Å². The number of nitrogens with one attached hydrogen (secondary N) is 1. The number of carbonyl (C=O) groups is 1. The van der Waals surface area contributed by atoms with Crippen molar-refractivity contribution in [1.82, 2.24) is 4.98 Å². The summed E-state index contributed by atoms with van der Waals surface area (Å²) in [6.07, 6.45) is 1.71. The van der Waals surface area contributed by atoms with Crippen molar-refractivity contribution < 1.29 is 14.3 Å². The van der Waals surface area contributed by atoms with Gasteiger partial charge in [0.15, 0.2) is 6.61 Å². The second-order valence-corrected chi connectivity index (χ2v) is 6.03. The van der Waals surface area contributed by atoms with E-state index < -0.39 is 0 Å². The van der Waals surface area contributed by atoms with Crippen LogP contribution in [0, 0.1) is 13.8 Å². The Bertz CT molecular complexity index is 938. The maximum absolute atomic E-state index is 12.3. The molecule has 0 radical (unpaired) electrons. The first-order valence-corrected chi connectivity index (χ1v) is 8.59. The predicted molar refractivity (Wildman–Crippen MR) is 103 cm³/mol. The molecule has 1 heterocycles. The monoisotopic (exact) mass is 350 g/mol. The van der Waals surface area contributed by atoms with Crippen molar-refractivity contribution >= 4 is 22.5 Å². The number of rotatable bonds is 6. The minimum Gasteiger partial charge on any atom is -0.492 e. The molecule has 3 aromatic rings. The number of aryl methyl sites for hydroxylation is 2. The number of hydrogen-bond donors (Lipinski definition) is 1. The van der Waals surface area contributed by atoms with Gasteiger partial charge in [-0.3, -0.25) is 9.78 Å². The van der Waals surface area contributed by atoms with E-state index in [9.17, 15) is 4.79 Å². The first-order valence-electron chi connectivity index (χ1n) is 8.59. The van der Waals surface area contributed by atoms with Crippen LogP contribution >= 0.6 is 0 Å². The number of hydrogen-bond acceptors (Lipinski definition) is 4. The van der Waals surface area contributed by atoms with Crippen LogP contribution in [0.2, 0.25) is 0 Å². The molecular weight excluding hydrogens is 328 g/mol. The van der Waals surface area contributed by atoms with Crippen molar-refractivity contribution in [3.63, 3.8) is 0 Å². The lowest BCUT2D eigenvalue weighted by Crippen LogP contribution is -2.20. The summed E-state index contributed by atoms with van der Waals surface area (Å²) in [6, 6.07) is 13.2. The topological polar surface area (TPSA) is 60.5 Å². The zero-order valence-electron chi connectivity index (χ0n) is 15.2. The first-order chi connectivity index (χ1) is 12.6. The largest absolute Gasteiger partial charge is 0.492 e. The van der Waals surface area contributed by atoms with Crippen LogP contribution in [0.3, 0.4) is 0 Å². The molecule has 0 fully saturated rings. The van der Waals surface area contributed by atoms with Crippen molar-refractivity contribution in [2.24, 2.45) is 0 Å². The van der Waals surface area contributed by atoms with Gasteiger partial charge in [0.05, 0.1) is 12.3 Å². The highest BCUT2D eigenvalue weighted by Gasteiger charge is 2.11. The van der Waals surface area contributed by atoms with E-state index in [4.69, 9.17) is 9.47 Å². The summed E-state index contributed by atoms with van der Waals surface area (Å²) in [5.41, 5.74) is 3.73. The van der Waals surface area contributed by atoms with Crippen molar-refractivity contribution in [1.29, 1.82) is 0 Å². The Morgan fingerprint density at radius 1 is 1.08 bits per heavy atom. The quantitative estimate of drug-likeness (QED) is 0.721. The molecule has 0 aliphatic rings. The Morgan fingerprint density at radius 3 is 2.69 bits per heavy atom. The molecule has 1 aromatic heterocycles. The normalized spacial score (nSPS) is 10.6. The van der Waals surface area contributed by atoms with Gasteiger partial charge in [-0.2, -0.15) is 0 Å². The van der Waals surface area contributed by atoms with Gasteiger partial charge in [0.25, 0.3) is 5.91 Å². The second-order valence-electron chi connectivity index (χ2n) is 6.03. The Balaban J connectivity index is 1.73. The third-order valence-corrected chi connectivity index (χ3v) is 4.15. The third-order valence-electron chi connectivity index (χ3n) is 4.15. The molecule has 0 saturated carbocycles. The standard InChI is InChI=1S/C21H22N2O3/c1-4-25-19-10-9-18(17-6-5-11-22-21(17)19)23-20(24)13-26-16-8-7-14(2)15(3)12-16/h5-12H,4,13H2,1-3H3,(H,23,24). The number of carbonyl (C=O) groups excluding carboxylic acids is 1. The molecular formula is C21H22N2O3.